The van der Waals surface area contributed by atoms with Gasteiger partial charge in [0.1, 0.15) is 22.2 Å². The molecule has 0 aliphatic carbocycles. The molecule has 0 fully saturated rings. The molecule has 0 saturated carbocycles. The summed E-state index contributed by atoms with van der Waals surface area (Å²) in [5.41, 5.74) is 2.01. The molecule has 2 N–H and O–H groups in total. The van der Waals surface area contributed by atoms with Gasteiger partial charge in [0.15, 0.2) is 15.6 Å². The largest absolute Gasteiger partial charge is 0.505 e. The van der Waals surface area contributed by atoms with Crippen molar-refractivity contribution in [1.82, 2.24) is 9.03 Å². The van der Waals surface area contributed by atoms with Crippen LogP contribution < -0.4 is 9.46 Å². The number of sulfonamides is 2. The van der Waals surface area contributed by atoms with E-state index in [1.165, 1.54) is 72.8 Å². The van der Waals surface area contributed by atoms with E-state index < -0.39 is 46.3 Å². The van der Waals surface area contributed by atoms with E-state index in [0.717, 1.165) is 22.2 Å². The number of nitrogens with one attached hydrogen (secondary N) is 1. The van der Waals surface area contributed by atoms with E-state index in [2.05, 4.69) is 4.72 Å². The number of nitrogens with zero attached hydrogens (tertiary/aromatic N) is 1. The minimum absolute atomic E-state index is 0.0308. The van der Waals surface area contributed by atoms with Gasteiger partial charge in [0, 0.05) is 30.9 Å². The average Bonchev–Trinajstić information content (AvgIpc) is 3.06. The Morgan fingerprint density at radius 2 is 1.31 bits per heavy atom. The lowest BCUT2D eigenvalue weighted by Gasteiger charge is -2.24. The van der Waals surface area contributed by atoms with Gasteiger partial charge < -0.3 is 9.84 Å². The van der Waals surface area contributed by atoms with E-state index in [-0.39, 0.29) is 51.0 Å². The molecule has 51 heavy (non-hydrogen) atoms. The van der Waals surface area contributed by atoms with Crippen LogP contribution in [0.1, 0.15) is 22.3 Å². The highest BCUT2D eigenvalue weighted by Gasteiger charge is 2.30. The third-order valence-electron chi connectivity index (χ3n) is 7.55. The van der Waals surface area contributed by atoms with Crippen LogP contribution in [0.3, 0.4) is 0 Å². The average molecular weight is 794 g/mol. The van der Waals surface area contributed by atoms with Crippen LogP contribution in [-0.4, -0.2) is 40.9 Å². The van der Waals surface area contributed by atoms with E-state index in [1.54, 1.807) is 24.3 Å². The molecular weight excluding hydrogens is 762 g/mol. The van der Waals surface area contributed by atoms with E-state index in [9.17, 15) is 34.8 Å². The third-order valence-corrected chi connectivity index (χ3v) is 12.4. The second-order valence-electron chi connectivity index (χ2n) is 11.6. The fourth-order valence-electron chi connectivity index (χ4n) is 4.95. The van der Waals surface area contributed by atoms with Crippen LogP contribution in [0.4, 0.5) is 4.39 Å². The fourth-order valence-corrected chi connectivity index (χ4v) is 8.76. The van der Waals surface area contributed by atoms with Crippen LogP contribution in [0.15, 0.2) is 118 Å². The second-order valence-corrected chi connectivity index (χ2v) is 18.1. The predicted octanol–water partition coefficient (Wildman–Crippen LogP) is 7.21. The number of halogens is 3. The summed E-state index contributed by atoms with van der Waals surface area (Å²) in [7, 11) is -12.1. The Kier molecular flexibility index (Phi) is 11.5. The monoisotopic (exact) mass is 792 g/mol. The van der Waals surface area contributed by atoms with Gasteiger partial charge >= 0.3 is 0 Å². The zero-order valence-corrected chi connectivity index (χ0v) is 31.0. The highest BCUT2D eigenvalue weighted by molar-refractivity contribution is 7.90. The van der Waals surface area contributed by atoms with Crippen molar-refractivity contribution in [2.24, 2.45) is 0 Å². The topological polar surface area (TPSA) is 147 Å². The summed E-state index contributed by atoms with van der Waals surface area (Å²) in [6.07, 6.45) is 1.05. The van der Waals surface area contributed by atoms with E-state index in [1.807, 2.05) is 6.92 Å². The van der Waals surface area contributed by atoms with Crippen molar-refractivity contribution in [1.29, 1.82) is 0 Å². The number of aromatic hydroxyl groups is 1. The second kappa shape index (κ2) is 15.3. The minimum Gasteiger partial charge on any atom is -0.505 e. The van der Waals surface area contributed by atoms with Crippen molar-refractivity contribution >= 4 is 53.1 Å². The van der Waals surface area contributed by atoms with Gasteiger partial charge in [-0.2, -0.15) is 4.31 Å². The number of aryl methyl sites for hydroxylation is 1. The summed E-state index contributed by atoms with van der Waals surface area (Å²) in [6, 6.07) is 24.0. The van der Waals surface area contributed by atoms with Crippen LogP contribution in [0.5, 0.6) is 17.2 Å². The van der Waals surface area contributed by atoms with Crippen LogP contribution in [0.25, 0.3) is 0 Å². The number of sulfone groups is 1. The summed E-state index contributed by atoms with van der Waals surface area (Å²) < 4.78 is 102. The zero-order chi connectivity index (χ0) is 37.1. The molecule has 0 aliphatic heterocycles. The van der Waals surface area contributed by atoms with Crippen molar-refractivity contribution in [2.45, 2.75) is 41.2 Å². The molecule has 268 valence electrons. The smallest absolute Gasteiger partial charge is 0.247 e. The van der Waals surface area contributed by atoms with Crippen LogP contribution >= 0.6 is 23.2 Å². The fraction of sp³-hybridized carbons (Fsp3) is 0.143. The highest BCUT2D eigenvalue weighted by atomic mass is 35.5. The van der Waals surface area contributed by atoms with Gasteiger partial charge in [0.25, 0.3) is 0 Å². The molecular formula is C35H31Cl2FN2O8S3. The Balaban J connectivity index is 1.56. The lowest BCUT2D eigenvalue weighted by atomic mass is 10.1. The first-order chi connectivity index (χ1) is 23.9. The molecule has 0 amide bonds. The van der Waals surface area contributed by atoms with Crippen molar-refractivity contribution in [3.63, 3.8) is 0 Å². The Morgan fingerprint density at radius 3 is 1.94 bits per heavy atom. The van der Waals surface area contributed by atoms with Gasteiger partial charge in [0.2, 0.25) is 20.0 Å². The Labute approximate surface area is 306 Å². The maximum atomic E-state index is 14.2. The molecule has 5 aromatic rings. The maximum Gasteiger partial charge on any atom is 0.247 e. The third kappa shape index (κ3) is 9.65. The van der Waals surface area contributed by atoms with Gasteiger partial charge in [-0.1, -0.05) is 59.1 Å². The first-order valence-corrected chi connectivity index (χ1v) is 20.6. The zero-order valence-electron chi connectivity index (χ0n) is 27.0. The summed E-state index contributed by atoms with van der Waals surface area (Å²) in [4.78, 5) is -0.493. The number of hydrogen-bond donors (Lipinski definition) is 2. The van der Waals surface area contributed by atoms with Gasteiger partial charge in [0.05, 0.1) is 14.8 Å². The predicted molar refractivity (Wildman–Crippen MR) is 192 cm³/mol. The standard InChI is InChI=1S/C35H31Cl2FN2O8S3/c1-23-3-11-32(12-4-23)50(44,45)39-20-25-15-26(17-30(16-25)48-29-9-7-28(38)8-10-29)22-40(21-24-5-13-31(14-6-24)49(2,42)43)51(46,47)34-19-27(36)18-33(37)35(34)41/h3-19,39,41H,20-22H2,1-2H3. The lowest BCUT2D eigenvalue weighted by molar-refractivity contribution is 0.393. The molecule has 0 saturated heterocycles. The van der Waals surface area contributed by atoms with Crippen LogP contribution in [-0.2, 0) is 49.5 Å². The molecule has 0 bridgehead atoms. The van der Waals surface area contributed by atoms with Crippen molar-refractivity contribution in [3.05, 3.63) is 141 Å². The number of benzene rings is 5. The molecule has 0 unspecified atom stereocenters. The maximum absolute atomic E-state index is 14.2. The first kappa shape index (κ1) is 38.2. The molecule has 0 radical (unpaired) electrons. The Hall–Kier alpha value is -4.02. The normalized spacial score (nSPS) is 12.3. The van der Waals surface area contributed by atoms with E-state index in [0.29, 0.717) is 16.7 Å². The Bertz CT molecular complexity index is 2390. The number of phenols is 1. The molecule has 0 spiro atoms. The van der Waals surface area contributed by atoms with Crippen molar-refractivity contribution in [2.75, 3.05) is 6.26 Å². The summed E-state index contributed by atoms with van der Waals surface area (Å²) in [5.74, 6) is -0.768. The van der Waals surface area contributed by atoms with E-state index in [4.69, 9.17) is 27.9 Å². The lowest BCUT2D eigenvalue weighted by Crippen LogP contribution is -2.30. The molecule has 0 heterocycles. The van der Waals surface area contributed by atoms with Gasteiger partial charge in [-0.05, 0) is 96.4 Å². The molecule has 16 heteroatoms. The summed E-state index contributed by atoms with van der Waals surface area (Å²) in [6.45, 7) is 0.967. The molecule has 0 aromatic heterocycles. The highest BCUT2D eigenvalue weighted by Crippen LogP contribution is 2.37. The quantitative estimate of drug-likeness (QED) is 0.127. The molecule has 10 nitrogen and oxygen atoms in total. The van der Waals surface area contributed by atoms with Crippen molar-refractivity contribution in [3.8, 4) is 17.2 Å². The molecule has 5 aromatic carbocycles. The molecule has 0 atom stereocenters. The first-order valence-electron chi connectivity index (χ1n) is 15.0. The summed E-state index contributed by atoms with van der Waals surface area (Å²) >= 11 is 12.2. The van der Waals surface area contributed by atoms with E-state index >= 15 is 0 Å². The van der Waals surface area contributed by atoms with Gasteiger partial charge in [-0.25, -0.2) is 34.4 Å². The number of hydrogen-bond acceptors (Lipinski definition) is 8. The van der Waals surface area contributed by atoms with Crippen LogP contribution in [0, 0.1) is 12.7 Å². The van der Waals surface area contributed by atoms with Gasteiger partial charge in [-0.15, -0.1) is 0 Å². The molecule has 0 aliphatic rings. The summed E-state index contributed by atoms with van der Waals surface area (Å²) in [5, 5.41) is 10.4. The Morgan fingerprint density at radius 1 is 0.725 bits per heavy atom. The number of rotatable bonds is 13. The van der Waals surface area contributed by atoms with Gasteiger partial charge in [-0.3, -0.25) is 0 Å². The molecule has 5 rings (SSSR count). The minimum atomic E-state index is -4.57. The van der Waals surface area contributed by atoms with Crippen molar-refractivity contribution < 1.29 is 39.5 Å². The SMILES string of the molecule is Cc1ccc(S(=O)(=O)NCc2cc(CN(Cc3ccc(S(C)(=O)=O)cc3)S(=O)(=O)c3cc(Cl)cc(Cl)c3O)cc(Oc3ccc(F)cc3)c2)cc1. The van der Waals surface area contributed by atoms with Crippen LogP contribution in [0.2, 0.25) is 10.0 Å². The number of phenolic OH excluding ortho intramolecular Hbond substituents is 1. The number of ether oxygens (including phenoxy) is 1.